The molecule has 4 heteroatoms. The fraction of sp³-hybridized carbons (Fsp3) is 0.600. The Hall–Kier alpha value is -0.770. The molecule has 14 heavy (non-hydrogen) atoms. The van der Waals surface area contributed by atoms with Crippen LogP contribution in [0.5, 0.6) is 11.5 Å². The maximum Gasteiger partial charge on any atom is 0.193 e. The van der Waals surface area contributed by atoms with Gasteiger partial charge in [0.15, 0.2) is 11.5 Å². The fourth-order valence-electron chi connectivity index (χ4n) is 1.57. The molecule has 3 nitrogen and oxygen atoms in total. The predicted octanol–water partition coefficient (Wildman–Crippen LogP) is 2.63. The number of thioether (sulfide) groups is 1. The molecule has 0 radical (unpaired) electrons. The molecule has 1 aromatic rings. The van der Waals surface area contributed by atoms with Crippen molar-refractivity contribution in [3.05, 3.63) is 5.69 Å². The van der Waals surface area contributed by atoms with Crippen molar-refractivity contribution in [2.75, 3.05) is 19.5 Å². The highest BCUT2D eigenvalue weighted by Gasteiger charge is 2.24. The first-order valence-corrected chi connectivity index (χ1v) is 6.02. The van der Waals surface area contributed by atoms with E-state index in [9.17, 15) is 0 Å². The summed E-state index contributed by atoms with van der Waals surface area (Å²) in [5.74, 6) is 2.24. The summed E-state index contributed by atoms with van der Waals surface area (Å²) in [4.78, 5) is 3.35. The predicted molar refractivity (Wildman–Crippen MR) is 57.7 cm³/mol. The average Bonchev–Trinajstić information content (AvgIpc) is 2.56. The Morgan fingerprint density at radius 3 is 2.43 bits per heavy atom. The number of hydrogen-bond donors (Lipinski definition) is 1. The lowest BCUT2D eigenvalue weighted by Crippen LogP contribution is -2.15. The molecule has 0 atom stereocenters. The van der Waals surface area contributed by atoms with Gasteiger partial charge in [-0.2, -0.15) is 0 Å². The van der Waals surface area contributed by atoms with Gasteiger partial charge in [0.05, 0.1) is 5.69 Å². The summed E-state index contributed by atoms with van der Waals surface area (Å²) >= 11 is 1.66. The van der Waals surface area contributed by atoms with Crippen LogP contribution in [0.2, 0.25) is 0 Å². The smallest absolute Gasteiger partial charge is 0.193 e. The van der Waals surface area contributed by atoms with Crippen LogP contribution < -0.4 is 9.47 Å². The molecule has 0 fully saturated rings. The largest absolute Gasteiger partial charge is 0.484 e. The maximum atomic E-state index is 5.63. The van der Waals surface area contributed by atoms with Crippen LogP contribution in [0.3, 0.4) is 0 Å². The van der Waals surface area contributed by atoms with Gasteiger partial charge in [0, 0.05) is 0 Å². The van der Waals surface area contributed by atoms with Gasteiger partial charge in [0.2, 0.25) is 0 Å². The molecule has 0 saturated carbocycles. The summed E-state index contributed by atoms with van der Waals surface area (Å²) in [6, 6.07) is 0. The second-order valence-corrected chi connectivity index (χ2v) is 4.40. The molecule has 0 unspecified atom stereocenters. The van der Waals surface area contributed by atoms with E-state index >= 15 is 0 Å². The van der Waals surface area contributed by atoms with Crippen LogP contribution in [0.15, 0.2) is 5.03 Å². The number of ether oxygens (including phenoxy) is 2. The Labute approximate surface area is 88.2 Å². The minimum Gasteiger partial charge on any atom is -0.484 e. The Morgan fingerprint density at radius 1 is 1.21 bits per heavy atom. The molecule has 0 aromatic carbocycles. The van der Waals surface area contributed by atoms with Crippen molar-refractivity contribution in [2.45, 2.75) is 24.8 Å². The zero-order valence-electron chi connectivity index (χ0n) is 8.72. The third-order valence-corrected chi connectivity index (χ3v) is 2.96. The number of aromatic nitrogens is 1. The fourth-order valence-corrected chi connectivity index (χ4v) is 2.12. The van der Waals surface area contributed by atoms with Crippen molar-refractivity contribution in [3.63, 3.8) is 0 Å². The van der Waals surface area contributed by atoms with Gasteiger partial charge in [0.1, 0.15) is 18.2 Å². The van der Waals surface area contributed by atoms with E-state index in [4.69, 9.17) is 9.47 Å². The van der Waals surface area contributed by atoms with Gasteiger partial charge in [-0.25, -0.2) is 0 Å². The lowest BCUT2D eigenvalue weighted by molar-refractivity contribution is 0.168. The Morgan fingerprint density at radius 2 is 1.86 bits per heavy atom. The zero-order valence-corrected chi connectivity index (χ0v) is 9.53. The Balaban J connectivity index is 2.46. The quantitative estimate of drug-likeness (QED) is 0.767. The molecule has 0 amide bonds. The van der Waals surface area contributed by atoms with Gasteiger partial charge in [-0.15, -0.1) is 11.8 Å². The van der Waals surface area contributed by atoms with E-state index < -0.39 is 0 Å². The number of H-pyrrole nitrogens is 1. The van der Waals surface area contributed by atoms with Crippen molar-refractivity contribution >= 4 is 11.8 Å². The number of rotatable bonds is 2. The van der Waals surface area contributed by atoms with Crippen LogP contribution >= 0.6 is 11.8 Å². The molecule has 1 N–H and O–H groups in total. The summed E-state index contributed by atoms with van der Waals surface area (Å²) < 4.78 is 11.2. The minimum atomic E-state index is 0.436. The van der Waals surface area contributed by atoms with Gasteiger partial charge in [-0.1, -0.05) is 13.8 Å². The lowest BCUT2D eigenvalue weighted by Gasteiger charge is -2.17. The molecule has 0 aliphatic carbocycles. The van der Waals surface area contributed by atoms with E-state index in [1.54, 1.807) is 11.8 Å². The van der Waals surface area contributed by atoms with Crippen LogP contribution in [-0.2, 0) is 0 Å². The average molecular weight is 213 g/mol. The number of fused-ring (bicyclic) bond motifs is 1. The molecule has 0 saturated heterocycles. The molecule has 0 bridgehead atoms. The molecule has 2 heterocycles. The summed E-state index contributed by atoms with van der Waals surface area (Å²) in [6.45, 7) is 5.59. The Bertz CT molecular complexity index is 333. The van der Waals surface area contributed by atoms with Gasteiger partial charge in [0.25, 0.3) is 0 Å². The van der Waals surface area contributed by atoms with Crippen LogP contribution in [-0.4, -0.2) is 24.5 Å². The maximum absolute atomic E-state index is 5.63. The van der Waals surface area contributed by atoms with E-state index in [1.807, 2.05) is 6.26 Å². The van der Waals surface area contributed by atoms with Crippen LogP contribution in [0.4, 0.5) is 0 Å². The molecule has 78 valence electrons. The first-order valence-electron chi connectivity index (χ1n) is 4.79. The molecular weight excluding hydrogens is 198 g/mol. The Kier molecular flexibility index (Phi) is 2.63. The van der Waals surface area contributed by atoms with Crippen LogP contribution in [0.1, 0.15) is 25.5 Å². The van der Waals surface area contributed by atoms with Crippen molar-refractivity contribution in [1.82, 2.24) is 4.98 Å². The highest BCUT2D eigenvalue weighted by Crippen LogP contribution is 2.44. The highest BCUT2D eigenvalue weighted by molar-refractivity contribution is 7.98. The second-order valence-electron chi connectivity index (χ2n) is 3.58. The second kappa shape index (κ2) is 3.77. The molecule has 0 spiro atoms. The topological polar surface area (TPSA) is 34.2 Å². The van der Waals surface area contributed by atoms with Crippen molar-refractivity contribution in [2.24, 2.45) is 0 Å². The van der Waals surface area contributed by atoms with Gasteiger partial charge in [-0.3, -0.25) is 0 Å². The number of hydrogen-bond acceptors (Lipinski definition) is 3. The minimum absolute atomic E-state index is 0.436. The first-order chi connectivity index (χ1) is 6.74. The van der Waals surface area contributed by atoms with Crippen molar-refractivity contribution < 1.29 is 9.47 Å². The third-order valence-electron chi connectivity index (χ3n) is 2.26. The van der Waals surface area contributed by atoms with E-state index in [-0.39, 0.29) is 0 Å². The molecule has 2 rings (SSSR count). The van der Waals surface area contributed by atoms with E-state index in [0.717, 1.165) is 22.2 Å². The number of aromatic amines is 1. The van der Waals surface area contributed by atoms with Crippen LogP contribution in [0.25, 0.3) is 0 Å². The van der Waals surface area contributed by atoms with E-state index in [2.05, 4.69) is 18.8 Å². The van der Waals surface area contributed by atoms with Gasteiger partial charge < -0.3 is 14.5 Å². The molecular formula is C10H15NO2S. The zero-order chi connectivity index (χ0) is 10.1. The molecule has 1 aliphatic heterocycles. The van der Waals surface area contributed by atoms with Gasteiger partial charge in [-0.05, 0) is 12.2 Å². The molecule has 1 aromatic heterocycles. The van der Waals surface area contributed by atoms with Gasteiger partial charge >= 0.3 is 0 Å². The van der Waals surface area contributed by atoms with E-state index in [1.165, 1.54) is 0 Å². The monoisotopic (exact) mass is 213 g/mol. The SMILES string of the molecule is CSc1[nH]c(C(C)C)c2c1OCCO2. The van der Waals surface area contributed by atoms with Crippen molar-refractivity contribution in [1.29, 1.82) is 0 Å². The summed E-state index contributed by atoms with van der Waals surface area (Å²) in [6.07, 6.45) is 2.04. The normalized spacial score (nSPS) is 14.9. The summed E-state index contributed by atoms with van der Waals surface area (Å²) in [7, 11) is 0. The third kappa shape index (κ3) is 1.47. The first kappa shape index (κ1) is 9.77. The lowest BCUT2D eigenvalue weighted by atomic mass is 10.1. The highest BCUT2D eigenvalue weighted by atomic mass is 32.2. The van der Waals surface area contributed by atoms with E-state index in [0.29, 0.717) is 19.1 Å². The summed E-state index contributed by atoms with van der Waals surface area (Å²) in [5.41, 5.74) is 1.14. The standard InChI is InChI=1S/C10H15NO2S/c1-6(2)7-8-9(10(11-7)14-3)13-5-4-12-8/h6,11H,4-5H2,1-3H3. The number of nitrogens with one attached hydrogen (secondary N) is 1. The van der Waals surface area contributed by atoms with Crippen molar-refractivity contribution in [3.8, 4) is 11.5 Å². The molecule has 1 aliphatic rings. The van der Waals surface area contributed by atoms with Crippen LogP contribution in [0, 0.1) is 0 Å². The summed E-state index contributed by atoms with van der Waals surface area (Å²) in [5, 5.41) is 1.07.